The van der Waals surface area contributed by atoms with Crippen LogP contribution in [0.1, 0.15) is 61.7 Å². The fourth-order valence-electron chi connectivity index (χ4n) is 3.49. The van der Waals surface area contributed by atoms with E-state index in [0.717, 1.165) is 28.9 Å². The topological polar surface area (TPSA) is 63.4 Å². The molecule has 1 saturated carbocycles. The summed E-state index contributed by atoms with van der Waals surface area (Å²) in [5, 5.41) is 14.4. The van der Waals surface area contributed by atoms with Crippen molar-refractivity contribution >= 4 is 22.2 Å². The van der Waals surface area contributed by atoms with E-state index in [4.69, 9.17) is 5.10 Å². The Morgan fingerprint density at radius 2 is 2.05 bits per heavy atom. The minimum Gasteiger partial charge on any atom is -0.342 e. The molecule has 1 saturated heterocycles. The third-order valence-corrected chi connectivity index (χ3v) is 5.76. The van der Waals surface area contributed by atoms with Gasteiger partial charge in [0, 0.05) is 31.3 Å². The van der Waals surface area contributed by atoms with E-state index in [0.29, 0.717) is 12.3 Å². The van der Waals surface area contributed by atoms with Gasteiger partial charge in [0.25, 0.3) is 0 Å². The Bertz CT molecular complexity index is 672. The molecule has 1 aliphatic carbocycles. The fourth-order valence-corrected chi connectivity index (χ4v) is 4.43. The SMILES string of the molecule is CCN1CC(c2nn3c(C4CCCC4)nnc3s2)CC1=O. The second-order valence-corrected chi connectivity index (χ2v) is 7.00. The van der Waals surface area contributed by atoms with Crippen molar-refractivity contribution in [2.45, 2.75) is 50.9 Å². The van der Waals surface area contributed by atoms with Gasteiger partial charge in [0.1, 0.15) is 5.01 Å². The van der Waals surface area contributed by atoms with Crippen molar-refractivity contribution in [3.05, 3.63) is 10.8 Å². The van der Waals surface area contributed by atoms with Crippen molar-refractivity contribution in [1.29, 1.82) is 0 Å². The van der Waals surface area contributed by atoms with Crippen molar-refractivity contribution < 1.29 is 4.79 Å². The molecule has 0 spiro atoms. The zero-order valence-electron chi connectivity index (χ0n) is 12.2. The van der Waals surface area contributed by atoms with Crippen LogP contribution >= 0.6 is 11.3 Å². The number of amides is 1. The van der Waals surface area contributed by atoms with E-state index in [1.165, 1.54) is 25.7 Å². The van der Waals surface area contributed by atoms with Crippen molar-refractivity contribution in [2.24, 2.45) is 0 Å². The van der Waals surface area contributed by atoms with Gasteiger partial charge >= 0.3 is 0 Å². The highest BCUT2D eigenvalue weighted by Gasteiger charge is 2.33. The largest absolute Gasteiger partial charge is 0.342 e. The van der Waals surface area contributed by atoms with Gasteiger partial charge in [0.05, 0.1) is 0 Å². The number of likely N-dealkylation sites (N-methyl/N-ethyl adjacent to an activating group) is 1. The van der Waals surface area contributed by atoms with Crippen LogP contribution in [0.25, 0.3) is 4.96 Å². The molecule has 0 bridgehead atoms. The van der Waals surface area contributed by atoms with E-state index in [1.54, 1.807) is 11.3 Å². The van der Waals surface area contributed by atoms with Crippen LogP contribution in [-0.2, 0) is 4.79 Å². The van der Waals surface area contributed by atoms with Crippen LogP contribution in [-0.4, -0.2) is 43.7 Å². The first kappa shape index (κ1) is 13.2. The van der Waals surface area contributed by atoms with E-state index in [-0.39, 0.29) is 11.8 Å². The molecule has 3 heterocycles. The van der Waals surface area contributed by atoms with Crippen LogP contribution in [0.15, 0.2) is 0 Å². The van der Waals surface area contributed by atoms with Crippen LogP contribution in [0.5, 0.6) is 0 Å². The normalized spacial score (nSPS) is 23.8. The molecule has 112 valence electrons. The summed E-state index contributed by atoms with van der Waals surface area (Å²) in [5.41, 5.74) is 0. The zero-order valence-corrected chi connectivity index (χ0v) is 13.0. The lowest BCUT2D eigenvalue weighted by atomic mass is 10.1. The van der Waals surface area contributed by atoms with E-state index < -0.39 is 0 Å². The third kappa shape index (κ3) is 2.14. The first-order chi connectivity index (χ1) is 10.3. The molecule has 7 heteroatoms. The van der Waals surface area contributed by atoms with Gasteiger partial charge in [-0.15, -0.1) is 10.2 Å². The molecule has 1 atom stereocenters. The molecule has 1 aliphatic heterocycles. The second kappa shape index (κ2) is 5.05. The van der Waals surface area contributed by atoms with Gasteiger partial charge in [-0.3, -0.25) is 4.79 Å². The molecular weight excluding hydrogens is 286 g/mol. The number of fused-ring (bicyclic) bond motifs is 1. The summed E-state index contributed by atoms with van der Waals surface area (Å²) >= 11 is 1.59. The number of likely N-dealkylation sites (tertiary alicyclic amines) is 1. The van der Waals surface area contributed by atoms with Crippen LogP contribution in [0.2, 0.25) is 0 Å². The van der Waals surface area contributed by atoms with Gasteiger partial charge in [-0.1, -0.05) is 24.2 Å². The highest BCUT2D eigenvalue weighted by molar-refractivity contribution is 7.16. The average Bonchev–Trinajstić information content (AvgIpc) is 3.21. The van der Waals surface area contributed by atoms with Crippen LogP contribution in [0.3, 0.4) is 0 Å². The Morgan fingerprint density at radius 3 is 2.76 bits per heavy atom. The number of nitrogens with zero attached hydrogens (tertiary/aromatic N) is 5. The molecule has 2 aliphatic rings. The zero-order chi connectivity index (χ0) is 14.4. The van der Waals surface area contributed by atoms with E-state index >= 15 is 0 Å². The van der Waals surface area contributed by atoms with Crippen LogP contribution in [0, 0.1) is 0 Å². The average molecular weight is 305 g/mol. The van der Waals surface area contributed by atoms with Crippen molar-refractivity contribution in [1.82, 2.24) is 24.7 Å². The summed E-state index contributed by atoms with van der Waals surface area (Å²) in [6.07, 6.45) is 5.52. The molecule has 2 fully saturated rings. The van der Waals surface area contributed by atoms with Crippen LogP contribution < -0.4 is 0 Å². The van der Waals surface area contributed by atoms with Gasteiger partial charge < -0.3 is 4.90 Å². The summed E-state index contributed by atoms with van der Waals surface area (Å²) < 4.78 is 1.93. The smallest absolute Gasteiger partial charge is 0.234 e. The highest BCUT2D eigenvalue weighted by Crippen LogP contribution is 2.35. The second-order valence-electron chi connectivity index (χ2n) is 6.01. The van der Waals surface area contributed by atoms with Gasteiger partial charge in [-0.25, -0.2) is 0 Å². The molecule has 4 rings (SSSR count). The molecule has 1 amide bonds. The minimum absolute atomic E-state index is 0.223. The highest BCUT2D eigenvalue weighted by atomic mass is 32.1. The number of carbonyl (C=O) groups excluding carboxylic acids is 1. The lowest BCUT2D eigenvalue weighted by Crippen LogP contribution is -2.24. The molecule has 6 nitrogen and oxygen atoms in total. The molecule has 21 heavy (non-hydrogen) atoms. The summed E-state index contributed by atoms with van der Waals surface area (Å²) in [5.74, 6) is 1.99. The van der Waals surface area contributed by atoms with Gasteiger partial charge in [0.15, 0.2) is 5.82 Å². The summed E-state index contributed by atoms with van der Waals surface area (Å²) in [6.45, 7) is 3.60. The van der Waals surface area contributed by atoms with Gasteiger partial charge in [0.2, 0.25) is 10.9 Å². The predicted octanol–water partition coefficient (Wildman–Crippen LogP) is 2.18. The maximum absolute atomic E-state index is 11.9. The van der Waals surface area contributed by atoms with Crippen molar-refractivity contribution in [2.75, 3.05) is 13.1 Å². The predicted molar refractivity (Wildman–Crippen MR) is 79.5 cm³/mol. The number of hydrogen-bond donors (Lipinski definition) is 0. The minimum atomic E-state index is 0.223. The van der Waals surface area contributed by atoms with Crippen LogP contribution in [0.4, 0.5) is 0 Å². The molecule has 0 aromatic carbocycles. The Balaban J connectivity index is 1.64. The Kier molecular flexibility index (Phi) is 3.17. The number of rotatable bonds is 3. The Hall–Kier alpha value is -1.50. The summed E-state index contributed by atoms with van der Waals surface area (Å²) in [4.78, 5) is 14.7. The molecule has 1 unspecified atom stereocenters. The monoisotopic (exact) mass is 305 g/mol. The number of carbonyl (C=O) groups is 1. The maximum Gasteiger partial charge on any atom is 0.234 e. The standard InChI is InChI=1S/C14H19N5OS/c1-2-18-8-10(7-11(18)20)13-17-19-12(9-5-3-4-6-9)15-16-14(19)21-13/h9-10H,2-8H2,1H3. The molecular formula is C14H19N5OS. The number of aromatic nitrogens is 4. The van der Waals surface area contributed by atoms with E-state index in [1.807, 2.05) is 16.3 Å². The summed E-state index contributed by atoms with van der Waals surface area (Å²) in [7, 11) is 0. The van der Waals surface area contributed by atoms with Crippen molar-refractivity contribution in [3.8, 4) is 0 Å². The lowest BCUT2D eigenvalue weighted by Gasteiger charge is -2.12. The quantitative estimate of drug-likeness (QED) is 0.872. The summed E-state index contributed by atoms with van der Waals surface area (Å²) in [6, 6.07) is 0. The Morgan fingerprint density at radius 1 is 1.24 bits per heavy atom. The van der Waals surface area contributed by atoms with Gasteiger partial charge in [-0.05, 0) is 19.8 Å². The third-order valence-electron chi connectivity index (χ3n) is 4.70. The fraction of sp³-hybridized carbons (Fsp3) is 0.714. The van der Waals surface area contributed by atoms with Gasteiger partial charge in [-0.2, -0.15) is 9.61 Å². The van der Waals surface area contributed by atoms with Crippen molar-refractivity contribution in [3.63, 3.8) is 0 Å². The molecule has 2 aromatic heterocycles. The Labute approximate surface area is 127 Å². The first-order valence-electron chi connectivity index (χ1n) is 7.76. The molecule has 0 N–H and O–H groups in total. The van der Waals surface area contributed by atoms with E-state index in [9.17, 15) is 4.79 Å². The molecule has 2 aromatic rings. The maximum atomic E-state index is 11.9. The first-order valence-corrected chi connectivity index (χ1v) is 8.57. The molecule has 0 radical (unpaired) electrons. The lowest BCUT2D eigenvalue weighted by molar-refractivity contribution is -0.127. The number of hydrogen-bond acceptors (Lipinski definition) is 5. The van der Waals surface area contributed by atoms with E-state index in [2.05, 4.69) is 10.2 Å².